The van der Waals surface area contributed by atoms with E-state index in [1.54, 1.807) is 24.3 Å². The summed E-state index contributed by atoms with van der Waals surface area (Å²) in [5.74, 6) is -0.0828. The number of halogens is 2. The summed E-state index contributed by atoms with van der Waals surface area (Å²) >= 11 is 0. The lowest BCUT2D eigenvalue weighted by Crippen LogP contribution is -2.40. The molecule has 3 nitrogen and oxygen atoms in total. The topological polar surface area (TPSA) is 55.1 Å². The number of hydrogen-bond acceptors (Lipinski definition) is 2. The second kappa shape index (κ2) is 9.40. The normalized spacial score (nSPS) is 11.7. The summed E-state index contributed by atoms with van der Waals surface area (Å²) in [6.45, 7) is 4.58. The van der Waals surface area contributed by atoms with Crippen molar-refractivity contribution in [3.63, 3.8) is 0 Å². The molecule has 1 amide bonds. The maximum atomic E-state index is 13.0. The van der Waals surface area contributed by atoms with Gasteiger partial charge in [-0.3, -0.25) is 4.79 Å². The van der Waals surface area contributed by atoms with E-state index in [9.17, 15) is 9.18 Å². The maximum Gasteiger partial charge on any atom is 0.251 e. The molecule has 130 valence electrons. The van der Waals surface area contributed by atoms with Crippen LogP contribution in [0.4, 0.5) is 4.39 Å². The van der Waals surface area contributed by atoms with E-state index in [1.807, 2.05) is 12.1 Å². The highest BCUT2D eigenvalue weighted by atomic mass is 35.5. The molecule has 3 N–H and O–H groups in total. The van der Waals surface area contributed by atoms with Gasteiger partial charge in [-0.1, -0.05) is 38.1 Å². The minimum Gasteiger partial charge on any atom is -0.349 e. The molecule has 0 radical (unpaired) electrons. The molecule has 0 spiro atoms. The van der Waals surface area contributed by atoms with Crippen LogP contribution in [0.5, 0.6) is 0 Å². The van der Waals surface area contributed by atoms with Crippen LogP contribution < -0.4 is 11.1 Å². The molecule has 0 aliphatic heterocycles. The fourth-order valence-electron chi connectivity index (χ4n) is 2.37. The van der Waals surface area contributed by atoms with E-state index in [-0.39, 0.29) is 36.1 Å². The number of nitrogens with one attached hydrogen (secondary N) is 1. The van der Waals surface area contributed by atoms with Crippen LogP contribution in [0.15, 0.2) is 48.5 Å². The molecule has 0 aliphatic rings. The first-order valence-electron chi connectivity index (χ1n) is 7.84. The zero-order chi connectivity index (χ0) is 16.8. The lowest BCUT2D eigenvalue weighted by Gasteiger charge is -2.22. The van der Waals surface area contributed by atoms with Crippen LogP contribution >= 0.6 is 12.4 Å². The Kier molecular flexibility index (Phi) is 7.89. The van der Waals surface area contributed by atoms with Gasteiger partial charge in [0.1, 0.15) is 5.82 Å². The molecule has 24 heavy (non-hydrogen) atoms. The molecular formula is C19H24ClFN2O. The first-order valence-corrected chi connectivity index (χ1v) is 7.84. The minimum atomic E-state index is -0.251. The lowest BCUT2D eigenvalue weighted by molar-refractivity contribution is 0.0926. The van der Waals surface area contributed by atoms with Crippen molar-refractivity contribution in [1.29, 1.82) is 0 Å². The molecule has 5 heteroatoms. The standard InChI is InChI=1S/C19H23FN2O.ClH/c1-13(2)18(11-14-5-9-17(20)10-6-14)22-19(23)16-7-3-15(12-21)4-8-16;/h3-10,13,18H,11-12,21H2,1-2H3,(H,22,23);1H. The highest BCUT2D eigenvalue weighted by Crippen LogP contribution is 2.13. The predicted octanol–water partition coefficient (Wildman–Crippen LogP) is 3.70. The molecule has 2 aromatic carbocycles. The van der Waals surface area contributed by atoms with Gasteiger partial charge < -0.3 is 11.1 Å². The van der Waals surface area contributed by atoms with E-state index >= 15 is 0 Å². The van der Waals surface area contributed by atoms with Crippen LogP contribution in [0.3, 0.4) is 0 Å². The molecule has 1 unspecified atom stereocenters. The molecular weight excluding hydrogens is 327 g/mol. The van der Waals surface area contributed by atoms with Crippen LogP contribution in [0, 0.1) is 11.7 Å². The summed E-state index contributed by atoms with van der Waals surface area (Å²) in [7, 11) is 0. The Morgan fingerprint density at radius 1 is 1.04 bits per heavy atom. The van der Waals surface area contributed by atoms with E-state index in [4.69, 9.17) is 5.73 Å². The zero-order valence-electron chi connectivity index (χ0n) is 14.0. The third kappa shape index (κ3) is 5.62. The van der Waals surface area contributed by atoms with Gasteiger partial charge >= 0.3 is 0 Å². The molecule has 1 atom stereocenters. The minimum absolute atomic E-state index is 0. The Hall–Kier alpha value is -1.91. The fraction of sp³-hybridized carbons (Fsp3) is 0.316. The van der Waals surface area contributed by atoms with E-state index < -0.39 is 0 Å². The van der Waals surface area contributed by atoms with Crippen molar-refractivity contribution in [3.05, 3.63) is 71.0 Å². The molecule has 0 saturated carbocycles. The van der Waals surface area contributed by atoms with Crippen LogP contribution in [-0.2, 0) is 13.0 Å². The van der Waals surface area contributed by atoms with E-state index in [1.165, 1.54) is 12.1 Å². The van der Waals surface area contributed by atoms with Crippen LogP contribution in [0.2, 0.25) is 0 Å². The van der Waals surface area contributed by atoms with Gasteiger partial charge in [-0.15, -0.1) is 12.4 Å². The van der Waals surface area contributed by atoms with Gasteiger partial charge in [-0.25, -0.2) is 4.39 Å². The van der Waals surface area contributed by atoms with Crippen LogP contribution in [-0.4, -0.2) is 11.9 Å². The Bertz CT molecular complexity index is 641. The third-order valence-corrected chi connectivity index (χ3v) is 3.94. The quantitative estimate of drug-likeness (QED) is 0.834. The molecule has 0 aromatic heterocycles. The van der Waals surface area contributed by atoms with Crippen LogP contribution in [0.1, 0.15) is 35.3 Å². The maximum absolute atomic E-state index is 13.0. The Morgan fingerprint density at radius 3 is 2.08 bits per heavy atom. The number of rotatable bonds is 6. The number of carbonyl (C=O) groups is 1. The van der Waals surface area contributed by atoms with E-state index in [0.717, 1.165) is 11.1 Å². The van der Waals surface area contributed by atoms with Gasteiger partial charge in [0, 0.05) is 18.2 Å². The van der Waals surface area contributed by atoms with Gasteiger partial charge in [-0.05, 0) is 47.7 Å². The number of nitrogens with two attached hydrogens (primary N) is 1. The number of amides is 1. The van der Waals surface area contributed by atoms with Crippen molar-refractivity contribution in [1.82, 2.24) is 5.32 Å². The van der Waals surface area contributed by atoms with Crippen molar-refractivity contribution in [2.24, 2.45) is 11.7 Å². The Balaban J connectivity index is 0.00000288. The molecule has 0 heterocycles. The third-order valence-electron chi connectivity index (χ3n) is 3.94. The molecule has 0 bridgehead atoms. The summed E-state index contributed by atoms with van der Waals surface area (Å²) in [4.78, 5) is 12.4. The highest BCUT2D eigenvalue weighted by Gasteiger charge is 2.17. The van der Waals surface area contributed by atoms with Gasteiger partial charge in [0.05, 0.1) is 0 Å². The first kappa shape index (κ1) is 20.1. The van der Waals surface area contributed by atoms with Crippen molar-refractivity contribution < 1.29 is 9.18 Å². The van der Waals surface area contributed by atoms with Crippen molar-refractivity contribution in [3.8, 4) is 0 Å². The van der Waals surface area contributed by atoms with Gasteiger partial charge in [-0.2, -0.15) is 0 Å². The summed E-state index contributed by atoms with van der Waals surface area (Å²) in [5, 5.41) is 3.07. The monoisotopic (exact) mass is 350 g/mol. The van der Waals surface area contributed by atoms with Crippen molar-refractivity contribution in [2.75, 3.05) is 0 Å². The van der Waals surface area contributed by atoms with E-state index in [0.29, 0.717) is 18.5 Å². The Labute approximate surface area is 148 Å². The lowest BCUT2D eigenvalue weighted by atomic mass is 9.96. The van der Waals surface area contributed by atoms with Gasteiger partial charge in [0.2, 0.25) is 0 Å². The largest absolute Gasteiger partial charge is 0.349 e. The van der Waals surface area contributed by atoms with Crippen molar-refractivity contribution in [2.45, 2.75) is 32.9 Å². The Morgan fingerprint density at radius 2 is 1.58 bits per heavy atom. The summed E-state index contributed by atoms with van der Waals surface area (Å²) in [6, 6.07) is 13.7. The molecule has 2 rings (SSSR count). The zero-order valence-corrected chi connectivity index (χ0v) is 14.8. The molecule has 0 aliphatic carbocycles. The second-order valence-corrected chi connectivity index (χ2v) is 6.06. The SMILES string of the molecule is CC(C)C(Cc1ccc(F)cc1)NC(=O)c1ccc(CN)cc1.Cl. The summed E-state index contributed by atoms with van der Waals surface area (Å²) in [6.07, 6.45) is 0.671. The number of carbonyl (C=O) groups excluding carboxylic acids is 1. The number of hydrogen-bond donors (Lipinski definition) is 2. The van der Waals surface area contributed by atoms with Gasteiger partial charge in [0.25, 0.3) is 5.91 Å². The second-order valence-electron chi connectivity index (χ2n) is 6.06. The predicted molar refractivity (Wildman–Crippen MR) is 97.8 cm³/mol. The average molecular weight is 351 g/mol. The smallest absolute Gasteiger partial charge is 0.251 e. The van der Waals surface area contributed by atoms with E-state index in [2.05, 4.69) is 19.2 Å². The summed E-state index contributed by atoms with van der Waals surface area (Å²) in [5.41, 5.74) is 8.18. The first-order chi connectivity index (χ1) is 11.0. The summed E-state index contributed by atoms with van der Waals surface area (Å²) < 4.78 is 13.0. The van der Waals surface area contributed by atoms with Crippen LogP contribution in [0.25, 0.3) is 0 Å². The fourth-order valence-corrected chi connectivity index (χ4v) is 2.37. The average Bonchev–Trinajstić information content (AvgIpc) is 2.56. The molecule has 2 aromatic rings. The highest BCUT2D eigenvalue weighted by molar-refractivity contribution is 5.94. The number of benzene rings is 2. The van der Waals surface area contributed by atoms with Crippen molar-refractivity contribution >= 4 is 18.3 Å². The van der Waals surface area contributed by atoms with Gasteiger partial charge in [0.15, 0.2) is 0 Å². The molecule has 0 saturated heterocycles. The molecule has 0 fully saturated rings.